The van der Waals surface area contributed by atoms with Gasteiger partial charge in [-0.2, -0.15) is 0 Å². The Morgan fingerprint density at radius 2 is 1.74 bits per heavy atom. The highest BCUT2D eigenvalue weighted by molar-refractivity contribution is 6.60. The maximum Gasteiger partial charge on any atom is 0.534 e. The van der Waals surface area contributed by atoms with Crippen molar-refractivity contribution >= 4 is 24.9 Å². The monoisotopic (exact) mass is 323 g/mol. The second-order valence-electron chi connectivity index (χ2n) is 6.89. The zero-order valence-electron chi connectivity index (χ0n) is 13.9. The summed E-state index contributed by atoms with van der Waals surface area (Å²) in [6, 6.07) is 0.472. The van der Waals surface area contributed by atoms with Crippen molar-refractivity contribution in [2.75, 3.05) is 31.1 Å². The Morgan fingerprint density at radius 1 is 1.17 bits per heavy atom. The summed E-state index contributed by atoms with van der Waals surface area (Å²) in [5, 5.41) is 8.98. The van der Waals surface area contributed by atoms with E-state index < -0.39 is 24.4 Å². The van der Waals surface area contributed by atoms with Crippen LogP contribution < -0.4 is 10.6 Å². The molecule has 0 aliphatic carbocycles. The molecule has 0 bridgehead atoms. The lowest BCUT2D eigenvalue weighted by atomic mass is 9.87. The van der Waals surface area contributed by atoms with Crippen molar-refractivity contribution in [3.63, 3.8) is 0 Å². The molecule has 0 radical (unpaired) electrons. The van der Waals surface area contributed by atoms with Gasteiger partial charge in [0.1, 0.15) is 0 Å². The van der Waals surface area contributed by atoms with E-state index in [4.69, 9.17) is 18.8 Å². The molecule has 2 aliphatic heterocycles. The first kappa shape index (κ1) is 16.1. The van der Waals surface area contributed by atoms with Gasteiger partial charge in [0, 0.05) is 26.2 Å². The Kier molecular flexibility index (Phi) is 3.80. The van der Waals surface area contributed by atoms with Gasteiger partial charge in [0.05, 0.1) is 17.4 Å². The highest BCUT2D eigenvalue weighted by Crippen LogP contribution is 2.36. The highest BCUT2D eigenvalue weighted by atomic mass is 16.7. The molecule has 1 aromatic rings. The minimum absolute atomic E-state index is 0.433. The largest absolute Gasteiger partial charge is 0.534 e. The number of nitrogens with zero attached hydrogens (tertiary/aromatic N) is 3. The van der Waals surface area contributed by atoms with Crippen LogP contribution in [0.3, 0.4) is 0 Å². The molecule has 1 aromatic heterocycles. The molecule has 126 valence electrons. The van der Waals surface area contributed by atoms with Crippen LogP contribution >= 0.6 is 0 Å². The summed E-state index contributed by atoms with van der Waals surface area (Å²) in [7, 11) is -0.582. The molecule has 2 fully saturated rings. The molecule has 0 unspecified atom stereocenters. The van der Waals surface area contributed by atoms with Crippen LogP contribution in [0.1, 0.15) is 27.7 Å². The second kappa shape index (κ2) is 5.42. The van der Waals surface area contributed by atoms with Gasteiger partial charge < -0.3 is 28.6 Å². The van der Waals surface area contributed by atoms with Gasteiger partial charge in [-0.05, 0) is 27.7 Å². The average molecular weight is 323 g/mol. The van der Waals surface area contributed by atoms with Gasteiger partial charge in [-0.15, -0.1) is 0 Å². The summed E-state index contributed by atoms with van der Waals surface area (Å²) in [6.45, 7) is 9.90. The fourth-order valence-electron chi connectivity index (χ4n) is 2.58. The molecule has 3 heterocycles. The van der Waals surface area contributed by atoms with Gasteiger partial charge in [-0.25, -0.2) is 9.78 Å². The van der Waals surface area contributed by atoms with E-state index in [9.17, 15) is 4.79 Å². The summed E-state index contributed by atoms with van der Waals surface area (Å²) in [4.78, 5) is 18.5. The third-order valence-electron chi connectivity index (χ3n) is 4.82. The fraction of sp³-hybridized carbons (Fsp3) is 0.714. The molecule has 2 aliphatic rings. The van der Waals surface area contributed by atoms with E-state index in [1.807, 2.05) is 32.6 Å². The first-order valence-corrected chi connectivity index (χ1v) is 7.74. The zero-order chi connectivity index (χ0) is 16.8. The molecule has 8 nitrogen and oxygen atoms in total. The van der Waals surface area contributed by atoms with Crippen molar-refractivity contribution in [1.29, 1.82) is 0 Å². The Balaban J connectivity index is 1.67. The van der Waals surface area contributed by atoms with Crippen LogP contribution in [0.25, 0.3) is 0 Å². The van der Waals surface area contributed by atoms with Gasteiger partial charge in [0.25, 0.3) is 6.01 Å². The number of carboxylic acid groups (broad SMARTS) is 1. The SMILES string of the molecule is CC1(C)OB(c2cnc(N3CCN(C(=O)O)CC3)o2)OC1(C)C. The number of hydrogen-bond acceptors (Lipinski definition) is 6. The van der Waals surface area contributed by atoms with Crippen LogP contribution in [0.5, 0.6) is 0 Å². The van der Waals surface area contributed by atoms with E-state index in [1.54, 1.807) is 6.20 Å². The second-order valence-corrected chi connectivity index (χ2v) is 6.89. The zero-order valence-corrected chi connectivity index (χ0v) is 13.9. The molecular formula is C14H22BN3O5. The van der Waals surface area contributed by atoms with E-state index in [0.29, 0.717) is 37.9 Å². The summed E-state index contributed by atoms with van der Waals surface area (Å²) in [5.41, 5.74) is -0.338. The lowest BCUT2D eigenvalue weighted by Crippen LogP contribution is -2.48. The van der Waals surface area contributed by atoms with E-state index in [-0.39, 0.29) is 0 Å². The summed E-state index contributed by atoms with van der Waals surface area (Å²) >= 11 is 0. The Bertz CT molecular complexity index is 579. The topological polar surface area (TPSA) is 88.3 Å². The van der Waals surface area contributed by atoms with Crippen molar-refractivity contribution < 1.29 is 23.6 Å². The molecular weight excluding hydrogens is 301 g/mol. The number of hydrogen-bond donors (Lipinski definition) is 1. The third-order valence-corrected chi connectivity index (χ3v) is 4.82. The highest BCUT2D eigenvalue weighted by Gasteiger charge is 2.53. The molecule has 0 spiro atoms. The summed E-state index contributed by atoms with van der Waals surface area (Å²) in [6.07, 6.45) is 0.719. The minimum Gasteiger partial charge on any atom is -0.465 e. The van der Waals surface area contributed by atoms with Crippen LogP contribution in [0, 0.1) is 0 Å². The Morgan fingerprint density at radius 3 is 2.26 bits per heavy atom. The number of amides is 1. The van der Waals surface area contributed by atoms with Crippen LogP contribution in [0.4, 0.5) is 10.8 Å². The van der Waals surface area contributed by atoms with Gasteiger partial charge in [-0.1, -0.05) is 0 Å². The summed E-state index contributed by atoms with van der Waals surface area (Å²) in [5.74, 6) is 0. The number of carbonyl (C=O) groups is 1. The molecule has 23 heavy (non-hydrogen) atoms. The molecule has 2 saturated heterocycles. The third kappa shape index (κ3) is 2.90. The van der Waals surface area contributed by atoms with Crippen LogP contribution in [0.2, 0.25) is 0 Å². The normalized spacial score (nSPS) is 23.4. The van der Waals surface area contributed by atoms with Crippen molar-refractivity contribution in [1.82, 2.24) is 9.88 Å². The van der Waals surface area contributed by atoms with E-state index in [2.05, 4.69) is 4.98 Å². The van der Waals surface area contributed by atoms with Crippen molar-refractivity contribution in [2.45, 2.75) is 38.9 Å². The lowest BCUT2D eigenvalue weighted by molar-refractivity contribution is 0.00578. The van der Waals surface area contributed by atoms with Gasteiger partial charge >= 0.3 is 13.2 Å². The maximum atomic E-state index is 10.9. The molecule has 9 heteroatoms. The van der Waals surface area contributed by atoms with Crippen LogP contribution in [-0.2, 0) is 9.31 Å². The quantitative estimate of drug-likeness (QED) is 0.804. The predicted octanol–water partition coefficient (Wildman–Crippen LogP) is 0.774. The molecule has 3 rings (SSSR count). The van der Waals surface area contributed by atoms with Gasteiger partial charge in [-0.3, -0.25) is 0 Å². The molecule has 1 N–H and O–H groups in total. The number of aromatic nitrogens is 1. The standard InChI is InChI=1S/C14H22BN3O5/c1-13(2)14(3,4)23-15(22-13)10-9-16-11(21-10)17-5-7-18(8-6-17)12(19)20/h9H,5-8H2,1-4H3,(H,19,20). The van der Waals surface area contributed by atoms with Crippen molar-refractivity contribution in [2.24, 2.45) is 0 Å². The van der Waals surface area contributed by atoms with Gasteiger partial charge in [0.15, 0.2) is 5.66 Å². The van der Waals surface area contributed by atoms with Crippen molar-refractivity contribution in [3.8, 4) is 0 Å². The van der Waals surface area contributed by atoms with Crippen molar-refractivity contribution in [3.05, 3.63) is 6.20 Å². The fourth-order valence-corrected chi connectivity index (χ4v) is 2.58. The maximum absolute atomic E-state index is 10.9. The Hall–Kier alpha value is -1.74. The van der Waals surface area contributed by atoms with E-state index in [1.165, 1.54) is 4.90 Å². The molecule has 0 atom stereocenters. The Labute approximate surface area is 135 Å². The summed E-state index contributed by atoms with van der Waals surface area (Å²) < 4.78 is 17.7. The minimum atomic E-state index is -0.894. The number of anilines is 1. The lowest BCUT2D eigenvalue weighted by Gasteiger charge is -2.32. The predicted molar refractivity (Wildman–Crippen MR) is 84.0 cm³/mol. The smallest absolute Gasteiger partial charge is 0.465 e. The molecule has 0 aromatic carbocycles. The average Bonchev–Trinajstić information content (AvgIpc) is 3.02. The van der Waals surface area contributed by atoms with Gasteiger partial charge in [0.2, 0.25) is 0 Å². The van der Waals surface area contributed by atoms with Crippen LogP contribution in [0.15, 0.2) is 10.6 Å². The number of rotatable bonds is 2. The first-order chi connectivity index (χ1) is 10.7. The van der Waals surface area contributed by atoms with E-state index in [0.717, 1.165) is 0 Å². The first-order valence-electron chi connectivity index (χ1n) is 7.74. The number of oxazole rings is 1. The molecule has 1 amide bonds. The van der Waals surface area contributed by atoms with E-state index >= 15 is 0 Å². The van der Waals surface area contributed by atoms with Crippen LogP contribution in [-0.4, -0.2) is 65.6 Å². The molecule has 0 saturated carbocycles. The number of piperazine rings is 1.